The van der Waals surface area contributed by atoms with Gasteiger partial charge < -0.3 is 10.6 Å². The fourth-order valence-corrected chi connectivity index (χ4v) is 2.47. The summed E-state index contributed by atoms with van der Waals surface area (Å²) < 4.78 is 0. The maximum atomic E-state index is 9.38. The second-order valence-corrected chi connectivity index (χ2v) is 4.75. The Morgan fingerprint density at radius 3 is 2.58 bits per heavy atom. The number of pyridine rings is 1. The van der Waals surface area contributed by atoms with Crippen LogP contribution in [0.2, 0.25) is 0 Å². The van der Waals surface area contributed by atoms with Crippen LogP contribution in [-0.4, -0.2) is 24.1 Å². The maximum Gasteiger partial charge on any atom is 0.146 e. The first kappa shape index (κ1) is 13.3. The summed E-state index contributed by atoms with van der Waals surface area (Å²) in [7, 11) is 0. The maximum absolute atomic E-state index is 9.38. The van der Waals surface area contributed by atoms with Crippen LogP contribution in [0.5, 0.6) is 0 Å². The Kier molecular flexibility index (Phi) is 3.99. The number of nitriles is 2. The van der Waals surface area contributed by atoms with E-state index in [9.17, 15) is 5.26 Å². The van der Waals surface area contributed by atoms with E-state index in [0.29, 0.717) is 23.4 Å². The van der Waals surface area contributed by atoms with E-state index in [2.05, 4.69) is 22.0 Å². The van der Waals surface area contributed by atoms with E-state index in [-0.39, 0.29) is 6.04 Å². The summed E-state index contributed by atoms with van der Waals surface area (Å²) in [5, 5.41) is 18.5. The molecule has 5 nitrogen and oxygen atoms in total. The Balaban J connectivity index is 2.42. The molecule has 2 rings (SSSR count). The van der Waals surface area contributed by atoms with Crippen molar-refractivity contribution < 1.29 is 0 Å². The number of aromatic nitrogens is 1. The van der Waals surface area contributed by atoms with E-state index >= 15 is 0 Å². The molecule has 1 aromatic heterocycles. The van der Waals surface area contributed by atoms with Crippen LogP contribution in [0.25, 0.3) is 0 Å². The number of rotatable bonds is 2. The molecule has 1 saturated heterocycles. The van der Waals surface area contributed by atoms with Gasteiger partial charge in [-0.25, -0.2) is 4.98 Å². The highest BCUT2D eigenvalue weighted by molar-refractivity contribution is 5.61. The molecule has 0 amide bonds. The van der Waals surface area contributed by atoms with Gasteiger partial charge in [0.1, 0.15) is 18.0 Å². The number of piperidine rings is 1. The third-order valence-corrected chi connectivity index (χ3v) is 3.59. The summed E-state index contributed by atoms with van der Waals surface area (Å²) in [4.78, 5) is 6.42. The minimum atomic E-state index is 0.241. The zero-order chi connectivity index (χ0) is 13.8. The van der Waals surface area contributed by atoms with E-state index in [0.717, 1.165) is 31.5 Å². The van der Waals surface area contributed by atoms with Gasteiger partial charge in [-0.2, -0.15) is 10.5 Å². The van der Waals surface area contributed by atoms with Gasteiger partial charge in [-0.05, 0) is 24.8 Å². The lowest BCUT2D eigenvalue weighted by Gasteiger charge is -2.32. The molecule has 0 saturated carbocycles. The Labute approximate surface area is 113 Å². The summed E-state index contributed by atoms with van der Waals surface area (Å²) in [6.45, 7) is 3.59. The minimum absolute atomic E-state index is 0.241. The molecular weight excluding hydrogens is 238 g/mol. The molecule has 0 radical (unpaired) electrons. The monoisotopic (exact) mass is 255 g/mol. The van der Waals surface area contributed by atoms with E-state index in [4.69, 9.17) is 11.0 Å². The quantitative estimate of drug-likeness (QED) is 0.860. The molecule has 0 unspecified atom stereocenters. The van der Waals surface area contributed by atoms with Gasteiger partial charge in [0, 0.05) is 25.3 Å². The Bertz CT molecular complexity index is 544. The lowest BCUT2D eigenvalue weighted by Crippen LogP contribution is -2.40. The second kappa shape index (κ2) is 5.69. The Hall–Kier alpha value is -2.11. The highest BCUT2D eigenvalue weighted by Gasteiger charge is 2.22. The van der Waals surface area contributed by atoms with Crippen molar-refractivity contribution in [3.8, 4) is 12.1 Å². The highest BCUT2D eigenvalue weighted by atomic mass is 15.2. The van der Waals surface area contributed by atoms with Gasteiger partial charge in [0.15, 0.2) is 0 Å². The van der Waals surface area contributed by atoms with Crippen LogP contribution < -0.4 is 10.6 Å². The molecule has 2 N–H and O–H groups in total. The smallest absolute Gasteiger partial charge is 0.146 e. The van der Waals surface area contributed by atoms with E-state index in [1.165, 1.54) is 0 Å². The first-order valence-electron chi connectivity index (χ1n) is 6.53. The summed E-state index contributed by atoms with van der Waals surface area (Å²) in [6, 6.07) is 4.56. The molecule has 98 valence electrons. The van der Waals surface area contributed by atoms with Crippen molar-refractivity contribution in [2.24, 2.45) is 5.73 Å². The van der Waals surface area contributed by atoms with Crippen molar-refractivity contribution in [1.29, 1.82) is 10.5 Å². The largest absolute Gasteiger partial charge is 0.355 e. The molecule has 0 aliphatic carbocycles. The molecule has 0 aromatic carbocycles. The molecular formula is C14H17N5. The number of nitrogens with zero attached hydrogens (tertiary/aromatic N) is 4. The molecule has 0 bridgehead atoms. The molecule has 0 spiro atoms. The van der Waals surface area contributed by atoms with Crippen molar-refractivity contribution in [2.45, 2.75) is 32.2 Å². The van der Waals surface area contributed by atoms with Crippen molar-refractivity contribution >= 4 is 5.82 Å². The third-order valence-electron chi connectivity index (χ3n) is 3.59. The van der Waals surface area contributed by atoms with Crippen molar-refractivity contribution in [3.05, 3.63) is 22.9 Å². The van der Waals surface area contributed by atoms with Crippen molar-refractivity contribution in [2.75, 3.05) is 18.0 Å². The molecule has 1 aromatic rings. The molecule has 1 fully saturated rings. The summed E-state index contributed by atoms with van der Waals surface area (Å²) in [5.41, 5.74) is 7.72. The van der Waals surface area contributed by atoms with Gasteiger partial charge in [0.05, 0.1) is 11.1 Å². The summed E-state index contributed by atoms with van der Waals surface area (Å²) in [5.74, 6) is 0.699. The Morgan fingerprint density at radius 2 is 2.05 bits per heavy atom. The van der Waals surface area contributed by atoms with Crippen LogP contribution in [0.4, 0.5) is 5.82 Å². The van der Waals surface area contributed by atoms with Gasteiger partial charge in [0.25, 0.3) is 0 Å². The SMILES string of the molecule is CCc1c(C#N)cnc(N2CCC(N)CC2)c1C#N. The number of anilines is 1. The lowest BCUT2D eigenvalue weighted by atomic mass is 10.0. The zero-order valence-electron chi connectivity index (χ0n) is 11.1. The van der Waals surface area contributed by atoms with Gasteiger partial charge in [-0.15, -0.1) is 0 Å². The molecule has 5 heteroatoms. The average Bonchev–Trinajstić information content (AvgIpc) is 2.46. The van der Waals surface area contributed by atoms with Crippen LogP contribution in [0, 0.1) is 22.7 Å². The normalized spacial score (nSPS) is 15.9. The molecule has 1 aliphatic heterocycles. The standard InChI is InChI=1S/C14H17N5/c1-2-12-10(7-15)9-18-14(13(12)8-16)19-5-3-11(17)4-6-19/h9,11H,2-6,17H2,1H3. The fourth-order valence-electron chi connectivity index (χ4n) is 2.47. The van der Waals surface area contributed by atoms with Crippen LogP contribution in [0.3, 0.4) is 0 Å². The highest BCUT2D eigenvalue weighted by Crippen LogP contribution is 2.26. The van der Waals surface area contributed by atoms with E-state index in [1.807, 2.05) is 6.92 Å². The second-order valence-electron chi connectivity index (χ2n) is 4.75. The van der Waals surface area contributed by atoms with Crippen molar-refractivity contribution in [1.82, 2.24) is 4.98 Å². The van der Waals surface area contributed by atoms with Gasteiger partial charge in [-0.3, -0.25) is 0 Å². The predicted octanol–water partition coefficient (Wildman–Crippen LogP) is 1.31. The molecule has 0 atom stereocenters. The van der Waals surface area contributed by atoms with Crippen LogP contribution in [0.15, 0.2) is 6.20 Å². The average molecular weight is 255 g/mol. The first-order chi connectivity index (χ1) is 9.21. The number of hydrogen-bond acceptors (Lipinski definition) is 5. The molecule has 2 heterocycles. The molecule has 1 aliphatic rings. The van der Waals surface area contributed by atoms with Crippen LogP contribution >= 0.6 is 0 Å². The lowest BCUT2D eigenvalue weighted by molar-refractivity contribution is 0.498. The Morgan fingerprint density at radius 1 is 1.37 bits per heavy atom. The number of hydrogen-bond donors (Lipinski definition) is 1. The topological polar surface area (TPSA) is 89.7 Å². The van der Waals surface area contributed by atoms with Crippen LogP contribution in [-0.2, 0) is 6.42 Å². The number of nitrogens with two attached hydrogens (primary N) is 1. The minimum Gasteiger partial charge on any atom is -0.355 e. The van der Waals surface area contributed by atoms with Crippen molar-refractivity contribution in [3.63, 3.8) is 0 Å². The molecule has 19 heavy (non-hydrogen) atoms. The predicted molar refractivity (Wildman–Crippen MR) is 72.5 cm³/mol. The summed E-state index contributed by atoms with van der Waals surface area (Å²) in [6.07, 6.45) is 4.06. The van der Waals surface area contributed by atoms with Gasteiger partial charge in [-0.1, -0.05) is 6.92 Å². The fraction of sp³-hybridized carbons (Fsp3) is 0.500. The van der Waals surface area contributed by atoms with Crippen LogP contribution in [0.1, 0.15) is 36.5 Å². The zero-order valence-corrected chi connectivity index (χ0v) is 11.1. The van der Waals surface area contributed by atoms with E-state index in [1.54, 1.807) is 6.20 Å². The summed E-state index contributed by atoms with van der Waals surface area (Å²) >= 11 is 0. The first-order valence-corrected chi connectivity index (χ1v) is 6.53. The van der Waals surface area contributed by atoms with Gasteiger partial charge >= 0.3 is 0 Å². The van der Waals surface area contributed by atoms with E-state index < -0.39 is 0 Å². The van der Waals surface area contributed by atoms with Gasteiger partial charge in [0.2, 0.25) is 0 Å². The third kappa shape index (κ3) is 2.52.